The molecule has 0 unspecified atom stereocenters. The Morgan fingerprint density at radius 2 is 1.89 bits per heavy atom. The highest BCUT2D eigenvalue weighted by atomic mass is 16.5. The van der Waals surface area contributed by atoms with Gasteiger partial charge in [-0.05, 0) is 54.8 Å². The predicted octanol–water partition coefficient (Wildman–Crippen LogP) is 2.48. The van der Waals surface area contributed by atoms with E-state index in [1.807, 2.05) is 25.1 Å². The number of carbonyl (C=O) groups excluding carboxylic acids is 1. The highest BCUT2D eigenvalue weighted by Crippen LogP contribution is 2.16. The summed E-state index contributed by atoms with van der Waals surface area (Å²) in [7, 11) is 1.56. The number of aryl methyl sites for hydroxylation is 1. The minimum Gasteiger partial charge on any atom is -0.497 e. The molecular formula is C21H22N2O4. The van der Waals surface area contributed by atoms with Crippen molar-refractivity contribution >= 4 is 16.8 Å². The normalized spacial score (nSPS) is 10.8. The van der Waals surface area contributed by atoms with E-state index in [4.69, 9.17) is 4.74 Å². The number of aliphatic hydroxyl groups excluding tert-OH is 1. The third-order valence-corrected chi connectivity index (χ3v) is 4.43. The van der Waals surface area contributed by atoms with Crippen LogP contribution in [0.5, 0.6) is 5.75 Å². The van der Waals surface area contributed by atoms with Gasteiger partial charge in [0, 0.05) is 23.2 Å². The van der Waals surface area contributed by atoms with E-state index in [0.717, 1.165) is 16.5 Å². The Labute approximate surface area is 157 Å². The zero-order valence-electron chi connectivity index (χ0n) is 15.4. The third-order valence-electron chi connectivity index (χ3n) is 4.43. The fraction of sp³-hybridized carbons (Fsp3) is 0.238. The van der Waals surface area contributed by atoms with Crippen molar-refractivity contribution < 1.29 is 14.6 Å². The maximum absolute atomic E-state index is 12.8. The van der Waals surface area contributed by atoms with Crippen molar-refractivity contribution in [3.05, 3.63) is 75.6 Å². The molecule has 0 saturated heterocycles. The summed E-state index contributed by atoms with van der Waals surface area (Å²) in [6.45, 7) is 2.04. The van der Waals surface area contributed by atoms with Crippen LogP contribution < -0.4 is 10.3 Å². The summed E-state index contributed by atoms with van der Waals surface area (Å²) in [4.78, 5) is 29.6. The number of H-pyrrole nitrogens is 1. The maximum atomic E-state index is 12.8. The van der Waals surface area contributed by atoms with E-state index in [-0.39, 0.29) is 31.2 Å². The van der Waals surface area contributed by atoms with Gasteiger partial charge in [-0.15, -0.1) is 0 Å². The van der Waals surface area contributed by atoms with Gasteiger partial charge in [-0.3, -0.25) is 9.59 Å². The van der Waals surface area contributed by atoms with Crippen molar-refractivity contribution in [3.8, 4) is 5.75 Å². The standard InChI is InChI=1S/C21H22N2O4/c1-14-3-8-19-16(11-14)12-17(20(25)22-19)13-23(9-10-24)21(26)15-4-6-18(27-2)7-5-15/h3-8,11-12,24H,9-10,13H2,1-2H3,(H,22,25). The molecule has 1 aromatic heterocycles. The number of fused-ring (bicyclic) bond motifs is 1. The smallest absolute Gasteiger partial charge is 0.254 e. The number of aromatic nitrogens is 1. The fourth-order valence-corrected chi connectivity index (χ4v) is 2.98. The first-order valence-electron chi connectivity index (χ1n) is 8.68. The first-order valence-corrected chi connectivity index (χ1v) is 8.68. The Bertz CT molecular complexity index is 1010. The molecule has 6 nitrogen and oxygen atoms in total. The second-order valence-corrected chi connectivity index (χ2v) is 6.39. The molecule has 2 aromatic carbocycles. The first-order chi connectivity index (χ1) is 13.0. The quantitative estimate of drug-likeness (QED) is 0.702. The lowest BCUT2D eigenvalue weighted by Gasteiger charge is -2.22. The van der Waals surface area contributed by atoms with Crippen molar-refractivity contribution in [1.29, 1.82) is 0 Å². The second-order valence-electron chi connectivity index (χ2n) is 6.39. The lowest BCUT2D eigenvalue weighted by molar-refractivity contribution is 0.0707. The number of benzene rings is 2. The van der Waals surface area contributed by atoms with Crippen LogP contribution in [0.4, 0.5) is 0 Å². The van der Waals surface area contributed by atoms with Crippen molar-refractivity contribution in [2.45, 2.75) is 13.5 Å². The minimum atomic E-state index is -0.254. The van der Waals surface area contributed by atoms with Crippen molar-refractivity contribution in [2.75, 3.05) is 20.3 Å². The molecule has 140 valence electrons. The molecule has 0 saturated carbocycles. The number of amides is 1. The number of hydrogen-bond acceptors (Lipinski definition) is 4. The maximum Gasteiger partial charge on any atom is 0.254 e. The molecule has 6 heteroatoms. The van der Waals surface area contributed by atoms with Gasteiger partial charge in [0.1, 0.15) is 5.75 Å². The van der Waals surface area contributed by atoms with E-state index in [0.29, 0.717) is 16.9 Å². The minimum absolute atomic E-state index is 0.116. The van der Waals surface area contributed by atoms with Crippen LogP contribution in [0.25, 0.3) is 10.9 Å². The molecule has 0 bridgehead atoms. The lowest BCUT2D eigenvalue weighted by Crippen LogP contribution is -2.35. The number of rotatable bonds is 6. The van der Waals surface area contributed by atoms with Gasteiger partial charge in [0.15, 0.2) is 0 Å². The topological polar surface area (TPSA) is 82.6 Å². The van der Waals surface area contributed by atoms with Crippen LogP contribution in [-0.2, 0) is 6.54 Å². The van der Waals surface area contributed by atoms with Crippen LogP contribution in [0.2, 0.25) is 0 Å². The van der Waals surface area contributed by atoms with Crippen LogP contribution in [0.1, 0.15) is 21.5 Å². The largest absolute Gasteiger partial charge is 0.497 e. The van der Waals surface area contributed by atoms with E-state index in [9.17, 15) is 14.7 Å². The van der Waals surface area contributed by atoms with Crippen molar-refractivity contribution in [3.63, 3.8) is 0 Å². The Morgan fingerprint density at radius 3 is 2.56 bits per heavy atom. The van der Waals surface area contributed by atoms with E-state index in [1.54, 1.807) is 37.4 Å². The molecule has 0 aliphatic rings. The number of hydrogen-bond donors (Lipinski definition) is 2. The Morgan fingerprint density at radius 1 is 1.15 bits per heavy atom. The SMILES string of the molecule is COc1ccc(C(=O)N(CCO)Cc2cc3cc(C)ccc3[nH]c2=O)cc1. The number of nitrogens with one attached hydrogen (secondary N) is 1. The number of nitrogens with zero attached hydrogens (tertiary/aromatic N) is 1. The van der Waals surface area contributed by atoms with Gasteiger partial charge in [0.05, 0.1) is 20.3 Å². The molecule has 0 atom stereocenters. The Balaban J connectivity index is 1.91. The predicted molar refractivity (Wildman–Crippen MR) is 104 cm³/mol. The van der Waals surface area contributed by atoms with E-state index in [1.165, 1.54) is 4.90 Å². The molecule has 0 aliphatic carbocycles. The third kappa shape index (κ3) is 4.17. The highest BCUT2D eigenvalue weighted by Gasteiger charge is 2.17. The number of pyridine rings is 1. The lowest BCUT2D eigenvalue weighted by atomic mass is 10.1. The number of carbonyl (C=O) groups is 1. The Hall–Kier alpha value is -3.12. The second kappa shape index (κ2) is 8.05. The van der Waals surface area contributed by atoms with Gasteiger partial charge in [-0.1, -0.05) is 11.6 Å². The average Bonchev–Trinajstić information content (AvgIpc) is 2.68. The van der Waals surface area contributed by atoms with Crippen LogP contribution in [-0.4, -0.2) is 41.2 Å². The molecule has 3 aromatic rings. The zero-order chi connectivity index (χ0) is 19.4. The van der Waals surface area contributed by atoms with Gasteiger partial charge < -0.3 is 19.7 Å². The van der Waals surface area contributed by atoms with E-state index < -0.39 is 0 Å². The summed E-state index contributed by atoms with van der Waals surface area (Å²) in [5.41, 5.74) is 2.55. The molecular weight excluding hydrogens is 344 g/mol. The van der Waals surface area contributed by atoms with Crippen LogP contribution in [0.15, 0.2) is 53.3 Å². The fourth-order valence-electron chi connectivity index (χ4n) is 2.98. The monoisotopic (exact) mass is 366 g/mol. The molecule has 2 N–H and O–H groups in total. The van der Waals surface area contributed by atoms with E-state index in [2.05, 4.69) is 4.98 Å². The van der Waals surface area contributed by atoms with Crippen molar-refractivity contribution in [1.82, 2.24) is 9.88 Å². The molecule has 3 rings (SSSR count). The highest BCUT2D eigenvalue weighted by molar-refractivity contribution is 5.94. The summed E-state index contributed by atoms with van der Waals surface area (Å²) in [5, 5.41) is 10.3. The van der Waals surface area contributed by atoms with Gasteiger partial charge in [-0.25, -0.2) is 0 Å². The van der Waals surface area contributed by atoms with Crippen LogP contribution in [0.3, 0.4) is 0 Å². The number of aromatic amines is 1. The molecule has 0 aliphatic heterocycles. The Kier molecular flexibility index (Phi) is 5.57. The summed E-state index contributed by atoms with van der Waals surface area (Å²) >= 11 is 0. The van der Waals surface area contributed by atoms with Gasteiger partial charge in [-0.2, -0.15) is 0 Å². The van der Waals surface area contributed by atoms with Crippen LogP contribution in [0, 0.1) is 6.92 Å². The summed E-state index contributed by atoms with van der Waals surface area (Å²) in [5.74, 6) is 0.400. The molecule has 1 heterocycles. The summed E-state index contributed by atoms with van der Waals surface area (Å²) in [6.07, 6.45) is 0. The summed E-state index contributed by atoms with van der Waals surface area (Å²) in [6, 6.07) is 14.3. The van der Waals surface area contributed by atoms with Gasteiger partial charge in [0.2, 0.25) is 0 Å². The average molecular weight is 366 g/mol. The summed E-state index contributed by atoms with van der Waals surface area (Å²) < 4.78 is 5.11. The molecule has 0 radical (unpaired) electrons. The van der Waals surface area contributed by atoms with Gasteiger partial charge in [0.25, 0.3) is 11.5 Å². The van der Waals surface area contributed by atoms with Crippen LogP contribution >= 0.6 is 0 Å². The molecule has 27 heavy (non-hydrogen) atoms. The van der Waals surface area contributed by atoms with Gasteiger partial charge >= 0.3 is 0 Å². The number of ether oxygens (including phenoxy) is 1. The molecule has 0 spiro atoms. The molecule has 1 amide bonds. The van der Waals surface area contributed by atoms with E-state index >= 15 is 0 Å². The zero-order valence-corrected chi connectivity index (χ0v) is 15.4. The van der Waals surface area contributed by atoms with Crippen molar-refractivity contribution in [2.24, 2.45) is 0 Å². The molecule has 0 fully saturated rings. The first kappa shape index (κ1) is 18.7. The number of aliphatic hydroxyl groups is 1. The number of methoxy groups -OCH3 is 1.